The lowest BCUT2D eigenvalue weighted by Gasteiger charge is -2.46. The number of benzene rings is 3. The maximum atomic E-state index is 13.5. The van der Waals surface area contributed by atoms with Crippen molar-refractivity contribution in [3.63, 3.8) is 0 Å². The van der Waals surface area contributed by atoms with E-state index in [2.05, 4.69) is 70.1 Å². The number of fused-ring (bicyclic) bond motifs is 3. The molecule has 2 fully saturated rings. The van der Waals surface area contributed by atoms with Gasteiger partial charge in [0.15, 0.2) is 0 Å². The molecule has 0 radical (unpaired) electrons. The van der Waals surface area contributed by atoms with Crippen LogP contribution in [-0.4, -0.2) is 63.3 Å². The average Bonchev–Trinajstić information content (AvgIpc) is 3.18. The number of nitrogens with zero attached hydrogens (tertiary/aromatic N) is 4. The Morgan fingerprint density at radius 1 is 0.853 bits per heavy atom. The Kier molecular flexibility index (Phi) is 5.11. The summed E-state index contributed by atoms with van der Waals surface area (Å²) in [6, 6.07) is 24.7. The minimum atomic E-state index is -0.417. The van der Waals surface area contributed by atoms with Crippen LogP contribution in [0, 0.1) is 0 Å². The van der Waals surface area contributed by atoms with Crippen molar-refractivity contribution in [2.75, 3.05) is 26.2 Å². The molecule has 2 aliphatic heterocycles. The SMILES string of the molecule is Cn1c(CN2CC(=O)N3CCN(Cc4cccc5ccccc45)CC3C2=O)cc2ccccc21. The van der Waals surface area contributed by atoms with Crippen LogP contribution >= 0.6 is 0 Å². The lowest BCUT2D eigenvalue weighted by Crippen LogP contribution is -2.66. The average molecular weight is 453 g/mol. The highest BCUT2D eigenvalue weighted by atomic mass is 16.2. The molecule has 0 N–H and O–H groups in total. The fourth-order valence-electron chi connectivity index (χ4n) is 5.53. The summed E-state index contributed by atoms with van der Waals surface area (Å²) in [7, 11) is 2.02. The molecular weight excluding hydrogens is 424 g/mol. The number of hydrogen-bond acceptors (Lipinski definition) is 3. The molecular formula is C28H28N4O2. The van der Waals surface area contributed by atoms with E-state index in [0.717, 1.165) is 29.7 Å². The summed E-state index contributed by atoms with van der Waals surface area (Å²) in [6.07, 6.45) is 0. The van der Waals surface area contributed by atoms with Crippen molar-refractivity contribution in [3.8, 4) is 0 Å². The number of carbonyl (C=O) groups excluding carboxylic acids is 2. The predicted octanol–water partition coefficient (Wildman–Crippen LogP) is 3.39. The third-order valence-electron chi connectivity index (χ3n) is 7.39. The van der Waals surface area contributed by atoms with Gasteiger partial charge in [0.05, 0.1) is 6.54 Å². The van der Waals surface area contributed by atoms with Crippen molar-refractivity contribution in [1.82, 2.24) is 19.3 Å². The normalized spacial score (nSPS) is 19.3. The molecule has 1 aromatic heterocycles. The van der Waals surface area contributed by atoms with Crippen molar-refractivity contribution in [2.45, 2.75) is 19.1 Å². The van der Waals surface area contributed by atoms with E-state index in [1.54, 1.807) is 9.80 Å². The van der Waals surface area contributed by atoms with Gasteiger partial charge in [-0.2, -0.15) is 0 Å². The van der Waals surface area contributed by atoms with Gasteiger partial charge in [0.2, 0.25) is 11.8 Å². The van der Waals surface area contributed by atoms with E-state index in [1.807, 2.05) is 19.2 Å². The molecule has 1 atom stereocenters. The van der Waals surface area contributed by atoms with Crippen LogP contribution in [0.1, 0.15) is 11.3 Å². The lowest BCUT2D eigenvalue weighted by molar-refractivity contribution is -0.160. The summed E-state index contributed by atoms with van der Waals surface area (Å²) in [5.74, 6) is 0.0978. The molecule has 2 saturated heterocycles. The molecule has 2 aliphatic rings. The summed E-state index contributed by atoms with van der Waals surface area (Å²) >= 11 is 0. The Morgan fingerprint density at radius 2 is 1.62 bits per heavy atom. The first-order valence-corrected chi connectivity index (χ1v) is 11.9. The van der Waals surface area contributed by atoms with Crippen LogP contribution in [0.2, 0.25) is 0 Å². The first-order chi connectivity index (χ1) is 16.6. The predicted molar refractivity (Wildman–Crippen MR) is 133 cm³/mol. The highest BCUT2D eigenvalue weighted by Gasteiger charge is 2.42. The Bertz CT molecular complexity index is 1400. The number of aryl methyl sites for hydroxylation is 1. The number of amides is 2. The Hall–Kier alpha value is -3.64. The molecule has 34 heavy (non-hydrogen) atoms. The van der Waals surface area contributed by atoms with E-state index in [9.17, 15) is 9.59 Å². The smallest absolute Gasteiger partial charge is 0.247 e. The number of aromatic nitrogens is 1. The second kappa shape index (κ2) is 8.29. The number of para-hydroxylation sites is 1. The Morgan fingerprint density at radius 3 is 2.47 bits per heavy atom. The zero-order valence-electron chi connectivity index (χ0n) is 19.4. The first kappa shape index (κ1) is 20.9. The molecule has 0 spiro atoms. The molecule has 3 aromatic carbocycles. The minimum absolute atomic E-state index is 0.0486. The van der Waals surface area contributed by atoms with Crippen molar-refractivity contribution in [2.24, 2.45) is 7.05 Å². The summed E-state index contributed by atoms with van der Waals surface area (Å²) in [5, 5.41) is 3.62. The summed E-state index contributed by atoms with van der Waals surface area (Å²) in [5.41, 5.74) is 3.43. The molecule has 6 rings (SSSR count). The van der Waals surface area contributed by atoms with Crippen molar-refractivity contribution < 1.29 is 9.59 Å². The van der Waals surface area contributed by atoms with Gasteiger partial charge in [0, 0.05) is 44.4 Å². The number of carbonyl (C=O) groups is 2. The second-order valence-electron chi connectivity index (χ2n) is 9.42. The first-order valence-electron chi connectivity index (χ1n) is 11.9. The number of hydrogen-bond donors (Lipinski definition) is 0. The monoisotopic (exact) mass is 452 g/mol. The van der Waals surface area contributed by atoms with Crippen molar-refractivity contribution in [1.29, 1.82) is 0 Å². The molecule has 0 saturated carbocycles. The van der Waals surface area contributed by atoms with Gasteiger partial charge in [0.1, 0.15) is 12.6 Å². The summed E-state index contributed by atoms with van der Waals surface area (Å²) in [4.78, 5) is 32.4. The Labute approximate surface area is 199 Å². The Balaban J connectivity index is 1.22. The summed E-state index contributed by atoms with van der Waals surface area (Å²) in [6.45, 7) is 3.32. The lowest BCUT2D eigenvalue weighted by atomic mass is 10.0. The maximum absolute atomic E-state index is 13.5. The van der Waals surface area contributed by atoms with Crippen LogP contribution in [0.5, 0.6) is 0 Å². The quantitative estimate of drug-likeness (QED) is 0.477. The topological polar surface area (TPSA) is 48.8 Å². The van der Waals surface area contributed by atoms with Gasteiger partial charge in [-0.15, -0.1) is 0 Å². The maximum Gasteiger partial charge on any atom is 0.247 e. The largest absolute Gasteiger partial charge is 0.346 e. The van der Waals surface area contributed by atoms with E-state index in [0.29, 0.717) is 19.6 Å². The highest BCUT2D eigenvalue weighted by Crippen LogP contribution is 2.25. The van der Waals surface area contributed by atoms with Gasteiger partial charge >= 0.3 is 0 Å². The molecule has 6 heteroatoms. The van der Waals surface area contributed by atoms with Gasteiger partial charge in [0.25, 0.3) is 0 Å². The van der Waals surface area contributed by atoms with Crippen molar-refractivity contribution >= 4 is 33.5 Å². The zero-order chi connectivity index (χ0) is 23.2. The van der Waals surface area contributed by atoms with E-state index in [1.165, 1.54) is 16.3 Å². The van der Waals surface area contributed by atoms with Gasteiger partial charge in [-0.05, 0) is 33.9 Å². The molecule has 1 unspecified atom stereocenters. The van der Waals surface area contributed by atoms with Crippen LogP contribution in [-0.2, 0) is 29.7 Å². The third-order valence-corrected chi connectivity index (χ3v) is 7.39. The standard InChI is InChI=1S/C28H28N4O2/c1-29-23(15-21-8-3-5-12-25(21)29)17-31-19-27(33)32-14-13-30(18-26(32)28(31)34)16-22-10-6-9-20-7-2-4-11-24(20)22/h2-12,15,26H,13-14,16-19H2,1H3. The zero-order valence-corrected chi connectivity index (χ0v) is 19.4. The van der Waals surface area contributed by atoms with E-state index in [4.69, 9.17) is 0 Å². The van der Waals surface area contributed by atoms with E-state index < -0.39 is 6.04 Å². The molecule has 0 bridgehead atoms. The minimum Gasteiger partial charge on any atom is -0.346 e. The molecule has 0 aliphatic carbocycles. The van der Waals surface area contributed by atoms with Crippen LogP contribution in [0.25, 0.3) is 21.7 Å². The fraction of sp³-hybridized carbons (Fsp3) is 0.286. The molecule has 3 heterocycles. The van der Waals surface area contributed by atoms with Gasteiger partial charge in [-0.1, -0.05) is 60.7 Å². The van der Waals surface area contributed by atoms with E-state index >= 15 is 0 Å². The number of rotatable bonds is 4. The fourth-order valence-corrected chi connectivity index (χ4v) is 5.53. The second-order valence-corrected chi connectivity index (χ2v) is 9.42. The summed E-state index contributed by atoms with van der Waals surface area (Å²) < 4.78 is 2.12. The number of piperazine rings is 2. The molecule has 4 aromatic rings. The molecule has 2 amide bonds. The van der Waals surface area contributed by atoms with Gasteiger partial charge in [-0.25, -0.2) is 0 Å². The molecule has 172 valence electrons. The third kappa shape index (κ3) is 3.55. The van der Waals surface area contributed by atoms with Crippen LogP contribution < -0.4 is 0 Å². The van der Waals surface area contributed by atoms with Crippen LogP contribution in [0.3, 0.4) is 0 Å². The van der Waals surface area contributed by atoms with Crippen molar-refractivity contribution in [3.05, 3.63) is 84.1 Å². The van der Waals surface area contributed by atoms with Gasteiger partial charge in [-0.3, -0.25) is 14.5 Å². The van der Waals surface area contributed by atoms with Crippen LogP contribution in [0.15, 0.2) is 72.8 Å². The van der Waals surface area contributed by atoms with Crippen LogP contribution in [0.4, 0.5) is 0 Å². The van der Waals surface area contributed by atoms with Gasteiger partial charge < -0.3 is 14.4 Å². The van der Waals surface area contributed by atoms with E-state index in [-0.39, 0.29) is 18.4 Å². The highest BCUT2D eigenvalue weighted by molar-refractivity contribution is 5.95. The molecule has 6 nitrogen and oxygen atoms in total.